The SMILES string of the molecule is CCSc1nc2n(n1)[C@H](c1ccc(O)cc1)[C@H]1C(=O)CCC=C1N2. The maximum Gasteiger partial charge on any atom is 0.227 e. The highest BCUT2D eigenvalue weighted by Gasteiger charge is 2.41. The Labute approximate surface area is 144 Å². The molecule has 1 aromatic carbocycles. The molecular weight excluding hydrogens is 324 g/mol. The van der Waals surface area contributed by atoms with Crippen LogP contribution in [0.15, 0.2) is 41.2 Å². The van der Waals surface area contributed by atoms with Gasteiger partial charge < -0.3 is 10.4 Å². The molecule has 0 saturated heterocycles. The van der Waals surface area contributed by atoms with Crippen molar-refractivity contribution >= 4 is 23.5 Å². The number of anilines is 1. The molecule has 1 aliphatic heterocycles. The highest BCUT2D eigenvalue weighted by Crippen LogP contribution is 2.42. The number of allylic oxidation sites excluding steroid dienone is 2. The van der Waals surface area contributed by atoms with Gasteiger partial charge >= 0.3 is 0 Å². The molecule has 0 bridgehead atoms. The zero-order valence-electron chi connectivity index (χ0n) is 13.3. The van der Waals surface area contributed by atoms with Crippen LogP contribution in [0.25, 0.3) is 0 Å². The number of aromatic nitrogens is 3. The molecule has 0 unspecified atom stereocenters. The van der Waals surface area contributed by atoms with Crippen molar-refractivity contribution in [3.63, 3.8) is 0 Å². The molecule has 1 aromatic heterocycles. The van der Waals surface area contributed by atoms with Crippen LogP contribution in [0.1, 0.15) is 31.4 Å². The summed E-state index contributed by atoms with van der Waals surface area (Å²) in [6, 6.07) is 6.75. The fraction of sp³-hybridized carbons (Fsp3) is 0.353. The van der Waals surface area contributed by atoms with Gasteiger partial charge in [0.05, 0.1) is 12.0 Å². The number of phenolic OH excluding ortho intramolecular Hbond substituents is 1. The molecule has 0 radical (unpaired) electrons. The van der Waals surface area contributed by atoms with Gasteiger partial charge in [-0.3, -0.25) is 4.79 Å². The number of hydrogen-bond donors (Lipinski definition) is 2. The average molecular weight is 342 g/mol. The van der Waals surface area contributed by atoms with Crippen LogP contribution in [0.2, 0.25) is 0 Å². The van der Waals surface area contributed by atoms with Crippen LogP contribution < -0.4 is 5.32 Å². The quantitative estimate of drug-likeness (QED) is 0.835. The fourth-order valence-electron chi connectivity index (χ4n) is 3.35. The zero-order chi connectivity index (χ0) is 16.7. The summed E-state index contributed by atoms with van der Waals surface area (Å²) in [5.74, 6) is 1.69. The van der Waals surface area contributed by atoms with Gasteiger partial charge in [0.25, 0.3) is 0 Å². The molecule has 2 heterocycles. The Kier molecular flexibility index (Phi) is 3.80. The molecule has 2 aliphatic rings. The van der Waals surface area contributed by atoms with Crippen molar-refractivity contribution in [2.75, 3.05) is 11.1 Å². The van der Waals surface area contributed by atoms with Crippen LogP contribution in [-0.4, -0.2) is 31.4 Å². The number of carbonyl (C=O) groups is 1. The molecule has 24 heavy (non-hydrogen) atoms. The van der Waals surface area contributed by atoms with E-state index in [4.69, 9.17) is 0 Å². The summed E-state index contributed by atoms with van der Waals surface area (Å²) < 4.78 is 1.82. The van der Waals surface area contributed by atoms with Crippen molar-refractivity contribution in [1.82, 2.24) is 14.8 Å². The van der Waals surface area contributed by atoms with Crippen molar-refractivity contribution < 1.29 is 9.90 Å². The van der Waals surface area contributed by atoms with E-state index in [2.05, 4.69) is 28.4 Å². The second kappa shape index (κ2) is 5.98. The van der Waals surface area contributed by atoms with Crippen molar-refractivity contribution in [2.45, 2.75) is 31.0 Å². The number of aromatic hydroxyl groups is 1. The Bertz CT molecular complexity index is 812. The number of thioether (sulfide) groups is 1. The molecule has 2 aromatic rings. The Morgan fingerprint density at radius 1 is 1.38 bits per heavy atom. The second-order valence-corrected chi connectivity index (χ2v) is 7.13. The van der Waals surface area contributed by atoms with Crippen LogP contribution in [0.4, 0.5) is 5.95 Å². The summed E-state index contributed by atoms with van der Waals surface area (Å²) in [5.41, 5.74) is 1.86. The third kappa shape index (κ3) is 2.49. The Hall–Kier alpha value is -2.28. The monoisotopic (exact) mass is 342 g/mol. The summed E-state index contributed by atoms with van der Waals surface area (Å²) in [6.45, 7) is 2.06. The summed E-state index contributed by atoms with van der Waals surface area (Å²) >= 11 is 1.58. The molecule has 0 amide bonds. The third-order valence-corrected chi connectivity index (χ3v) is 5.11. The van der Waals surface area contributed by atoms with E-state index in [9.17, 15) is 9.90 Å². The topological polar surface area (TPSA) is 80.0 Å². The number of Topliss-reactive ketones (excluding diaryl/α,β-unsaturated/α-hetero) is 1. The number of hydrogen-bond acceptors (Lipinski definition) is 6. The predicted molar refractivity (Wildman–Crippen MR) is 92.1 cm³/mol. The highest BCUT2D eigenvalue weighted by molar-refractivity contribution is 7.99. The second-order valence-electron chi connectivity index (χ2n) is 5.90. The molecule has 0 saturated carbocycles. The number of ketones is 1. The lowest BCUT2D eigenvalue weighted by Gasteiger charge is -2.36. The van der Waals surface area contributed by atoms with E-state index in [1.165, 1.54) is 0 Å². The van der Waals surface area contributed by atoms with E-state index in [1.54, 1.807) is 23.9 Å². The van der Waals surface area contributed by atoms with Gasteiger partial charge in [-0.1, -0.05) is 36.9 Å². The number of nitrogens with one attached hydrogen (secondary N) is 1. The van der Waals surface area contributed by atoms with Gasteiger partial charge in [-0.25, -0.2) is 4.68 Å². The maximum atomic E-state index is 12.6. The normalized spacial score (nSPS) is 22.4. The highest BCUT2D eigenvalue weighted by atomic mass is 32.2. The Morgan fingerprint density at radius 2 is 2.17 bits per heavy atom. The van der Waals surface area contributed by atoms with Crippen molar-refractivity contribution in [3.8, 4) is 5.75 Å². The number of phenols is 1. The van der Waals surface area contributed by atoms with Crippen LogP contribution in [0, 0.1) is 5.92 Å². The van der Waals surface area contributed by atoms with Crippen LogP contribution in [0.5, 0.6) is 5.75 Å². The predicted octanol–water partition coefficient (Wildman–Crippen LogP) is 2.97. The summed E-state index contributed by atoms with van der Waals surface area (Å²) in [7, 11) is 0. The first-order chi connectivity index (χ1) is 11.7. The smallest absolute Gasteiger partial charge is 0.227 e. The first-order valence-corrected chi connectivity index (χ1v) is 9.04. The molecular formula is C17H18N4O2S. The lowest BCUT2D eigenvalue weighted by Crippen LogP contribution is -2.38. The maximum absolute atomic E-state index is 12.6. The molecule has 1 aliphatic carbocycles. The molecule has 0 spiro atoms. The van der Waals surface area contributed by atoms with E-state index in [1.807, 2.05) is 16.8 Å². The Balaban J connectivity index is 1.86. The fourth-order valence-corrected chi connectivity index (χ4v) is 3.90. The van der Waals surface area contributed by atoms with E-state index < -0.39 is 0 Å². The van der Waals surface area contributed by atoms with Crippen LogP contribution in [0.3, 0.4) is 0 Å². The number of nitrogens with zero attached hydrogens (tertiary/aromatic N) is 3. The number of fused-ring (bicyclic) bond motifs is 2. The van der Waals surface area contributed by atoms with E-state index in [0.29, 0.717) is 17.5 Å². The minimum Gasteiger partial charge on any atom is -0.508 e. The largest absolute Gasteiger partial charge is 0.508 e. The third-order valence-electron chi connectivity index (χ3n) is 4.39. The minimum atomic E-state index is -0.281. The van der Waals surface area contributed by atoms with E-state index in [0.717, 1.165) is 23.4 Å². The van der Waals surface area contributed by atoms with E-state index in [-0.39, 0.29) is 23.5 Å². The minimum absolute atomic E-state index is 0.208. The standard InChI is InChI=1S/C17H18N4O2S/c1-2-24-17-19-16-18-12-4-3-5-13(23)14(12)15(21(16)20-17)10-6-8-11(22)9-7-10/h4,6-9,14-15,22H,2-3,5H2,1H3,(H,18,19,20)/t14-,15-/m1/s1. The van der Waals surface area contributed by atoms with Gasteiger partial charge in [0, 0.05) is 12.1 Å². The van der Waals surface area contributed by atoms with Crippen molar-refractivity contribution in [2.24, 2.45) is 5.92 Å². The summed E-state index contributed by atoms with van der Waals surface area (Å²) in [5, 5.41) is 18.2. The first-order valence-electron chi connectivity index (χ1n) is 8.05. The van der Waals surface area contributed by atoms with Gasteiger partial charge in [0.2, 0.25) is 11.1 Å². The average Bonchev–Trinajstić information content (AvgIpc) is 2.96. The molecule has 0 fully saturated rings. The lowest BCUT2D eigenvalue weighted by molar-refractivity contribution is -0.123. The number of carbonyl (C=O) groups excluding carboxylic acids is 1. The van der Waals surface area contributed by atoms with Crippen LogP contribution in [-0.2, 0) is 4.79 Å². The van der Waals surface area contributed by atoms with Crippen molar-refractivity contribution in [1.29, 1.82) is 0 Å². The lowest BCUT2D eigenvalue weighted by atomic mass is 9.81. The molecule has 2 atom stereocenters. The van der Waals surface area contributed by atoms with Crippen LogP contribution >= 0.6 is 11.8 Å². The Morgan fingerprint density at radius 3 is 2.92 bits per heavy atom. The molecule has 124 valence electrons. The van der Waals surface area contributed by atoms with Gasteiger partial charge in [-0.2, -0.15) is 4.98 Å². The zero-order valence-corrected chi connectivity index (χ0v) is 14.1. The first kappa shape index (κ1) is 15.3. The summed E-state index contributed by atoms with van der Waals surface area (Å²) in [4.78, 5) is 17.2. The number of rotatable bonds is 3. The van der Waals surface area contributed by atoms with Gasteiger partial charge in [0.15, 0.2) is 0 Å². The van der Waals surface area contributed by atoms with Gasteiger partial charge in [0.1, 0.15) is 11.5 Å². The van der Waals surface area contributed by atoms with Gasteiger partial charge in [-0.15, -0.1) is 5.10 Å². The molecule has 7 heteroatoms. The molecule has 4 rings (SSSR count). The molecule has 6 nitrogen and oxygen atoms in total. The van der Waals surface area contributed by atoms with Gasteiger partial charge in [-0.05, 0) is 29.9 Å². The van der Waals surface area contributed by atoms with E-state index >= 15 is 0 Å². The van der Waals surface area contributed by atoms with Crippen molar-refractivity contribution in [3.05, 3.63) is 41.6 Å². The number of benzene rings is 1. The summed E-state index contributed by atoms with van der Waals surface area (Å²) in [6.07, 6.45) is 3.39. The molecule has 2 N–H and O–H groups in total.